The molecule has 0 fully saturated rings. The smallest absolute Gasteiger partial charge is 0.397 e. The van der Waals surface area contributed by atoms with Gasteiger partial charge in [0.1, 0.15) is 0 Å². The van der Waals surface area contributed by atoms with E-state index in [1.54, 1.807) is 6.92 Å². The predicted octanol–water partition coefficient (Wildman–Crippen LogP) is -0.477. The molecule has 0 aliphatic rings. The molecule has 0 atom stereocenters. The Balaban J connectivity index is 0. The Morgan fingerprint density at radius 1 is 1.30 bits per heavy atom. The van der Waals surface area contributed by atoms with Crippen molar-refractivity contribution in [3.8, 4) is 0 Å². The second-order valence-electron chi connectivity index (χ2n) is 1.06. The molecule has 0 saturated carbocycles. The molecule has 0 aliphatic carbocycles. The highest BCUT2D eigenvalue weighted by Gasteiger charge is 2.01. The molecule has 1 N–H and O–H groups in total. The Bertz CT molecular complexity index is 128. The van der Waals surface area contributed by atoms with Crippen molar-refractivity contribution in [2.75, 3.05) is 20.8 Å². The van der Waals surface area contributed by atoms with E-state index in [0.29, 0.717) is 0 Å². The molecule has 5 nitrogen and oxygen atoms in total. The van der Waals surface area contributed by atoms with Gasteiger partial charge in [0.2, 0.25) is 0 Å². The van der Waals surface area contributed by atoms with Gasteiger partial charge in [-0.2, -0.15) is 8.42 Å². The molecule has 0 saturated heterocycles. The van der Waals surface area contributed by atoms with Crippen LogP contribution in [0.2, 0.25) is 0 Å². The molecule has 0 bridgehead atoms. The van der Waals surface area contributed by atoms with Crippen molar-refractivity contribution in [1.29, 1.82) is 0 Å². The number of hydrogen-bond acceptors (Lipinski definition) is 5. The van der Waals surface area contributed by atoms with Crippen LogP contribution in [0.3, 0.4) is 0 Å². The maximum Gasteiger partial charge on any atom is 0.399 e. The third kappa shape index (κ3) is 10.7. The first-order valence-corrected chi connectivity index (χ1v) is 3.84. The summed E-state index contributed by atoms with van der Waals surface area (Å²) in [6.07, 6.45) is 0. The van der Waals surface area contributed by atoms with Gasteiger partial charge < -0.3 is 5.11 Å². The van der Waals surface area contributed by atoms with Crippen molar-refractivity contribution in [3.05, 3.63) is 0 Å². The fourth-order valence-corrected chi connectivity index (χ4v) is 0.204. The zero-order valence-electron chi connectivity index (χ0n) is 6.20. The summed E-state index contributed by atoms with van der Waals surface area (Å²) in [6.45, 7) is 1.93. The third-order valence-corrected chi connectivity index (χ3v) is 1.22. The SMILES string of the molecule is CCO.COS(=O)(=O)OC. The Hall–Kier alpha value is -0.170. The lowest BCUT2D eigenvalue weighted by Gasteiger charge is -1.91. The molecule has 0 rings (SSSR count). The standard InChI is InChI=1S/C2H6O4S.C2H6O/c1-5-7(3,4)6-2;1-2-3/h1-2H3;3H,2H2,1H3. The van der Waals surface area contributed by atoms with Gasteiger partial charge in [-0.1, -0.05) is 0 Å². The quantitative estimate of drug-likeness (QED) is 0.609. The first kappa shape index (κ1) is 12.5. The summed E-state index contributed by atoms with van der Waals surface area (Å²) in [6, 6.07) is 0. The highest BCUT2D eigenvalue weighted by molar-refractivity contribution is 7.81. The number of hydrogen-bond donors (Lipinski definition) is 1. The van der Waals surface area contributed by atoms with Gasteiger partial charge in [0, 0.05) is 6.61 Å². The van der Waals surface area contributed by atoms with Crippen molar-refractivity contribution in [1.82, 2.24) is 0 Å². The Kier molecular flexibility index (Phi) is 8.68. The van der Waals surface area contributed by atoms with E-state index in [0.717, 1.165) is 14.2 Å². The van der Waals surface area contributed by atoms with Crippen LogP contribution in [0.25, 0.3) is 0 Å². The lowest BCUT2D eigenvalue weighted by molar-refractivity contribution is 0.286. The number of rotatable bonds is 2. The minimum absolute atomic E-state index is 0.250. The van der Waals surface area contributed by atoms with E-state index in [1.807, 2.05) is 0 Å². The van der Waals surface area contributed by atoms with Gasteiger partial charge in [-0.05, 0) is 6.92 Å². The summed E-state index contributed by atoms with van der Waals surface area (Å²) in [7, 11) is -1.60. The fraction of sp³-hybridized carbons (Fsp3) is 1.00. The highest BCUT2D eigenvalue weighted by atomic mass is 32.3. The zero-order valence-corrected chi connectivity index (χ0v) is 7.01. The lowest BCUT2D eigenvalue weighted by atomic mass is 10.9. The van der Waals surface area contributed by atoms with Crippen LogP contribution in [0, 0.1) is 0 Å². The van der Waals surface area contributed by atoms with Crippen molar-refractivity contribution in [2.24, 2.45) is 0 Å². The average molecular weight is 172 g/mol. The van der Waals surface area contributed by atoms with Crippen LogP contribution in [0.5, 0.6) is 0 Å². The van der Waals surface area contributed by atoms with Crippen LogP contribution < -0.4 is 0 Å². The van der Waals surface area contributed by atoms with Crippen LogP contribution in [0.4, 0.5) is 0 Å². The molecule has 0 aromatic heterocycles. The molecule has 0 radical (unpaired) electrons. The molecule has 0 unspecified atom stereocenters. The van der Waals surface area contributed by atoms with Crippen LogP contribution >= 0.6 is 0 Å². The van der Waals surface area contributed by atoms with E-state index in [1.165, 1.54) is 0 Å². The molecule has 0 heterocycles. The first-order chi connectivity index (χ1) is 4.54. The molecule has 0 spiro atoms. The summed E-state index contributed by atoms with van der Waals surface area (Å²) >= 11 is 0. The largest absolute Gasteiger partial charge is 0.399 e. The Labute approximate surface area is 60.9 Å². The molecule has 64 valence electrons. The highest BCUT2D eigenvalue weighted by Crippen LogP contribution is 1.85. The Morgan fingerprint density at radius 2 is 1.50 bits per heavy atom. The summed E-state index contributed by atoms with van der Waals surface area (Å²) < 4.78 is 27.5. The predicted molar refractivity (Wildman–Crippen MR) is 35.7 cm³/mol. The van der Waals surface area contributed by atoms with E-state index in [4.69, 9.17) is 5.11 Å². The van der Waals surface area contributed by atoms with E-state index < -0.39 is 10.4 Å². The second kappa shape index (κ2) is 6.94. The molecule has 0 amide bonds. The third-order valence-electron chi connectivity index (χ3n) is 0.408. The van der Waals surface area contributed by atoms with E-state index >= 15 is 0 Å². The van der Waals surface area contributed by atoms with Crippen LogP contribution in [-0.2, 0) is 18.8 Å². The molecule has 10 heavy (non-hydrogen) atoms. The number of aliphatic hydroxyl groups excluding tert-OH is 1. The lowest BCUT2D eigenvalue weighted by Crippen LogP contribution is -2.02. The molecule has 0 aromatic carbocycles. The second-order valence-corrected chi connectivity index (χ2v) is 2.54. The summed E-state index contributed by atoms with van der Waals surface area (Å²) in [5.41, 5.74) is 0. The molecular weight excluding hydrogens is 160 g/mol. The topological polar surface area (TPSA) is 72.8 Å². The normalized spacial score (nSPS) is 10.0. The van der Waals surface area contributed by atoms with Crippen molar-refractivity contribution >= 4 is 10.4 Å². The van der Waals surface area contributed by atoms with E-state index in [2.05, 4.69) is 8.37 Å². The maximum absolute atomic E-state index is 9.92. The first-order valence-electron chi connectivity index (χ1n) is 2.51. The molecule has 0 aliphatic heterocycles. The summed E-state index contributed by atoms with van der Waals surface area (Å²) in [5, 5.41) is 7.57. The van der Waals surface area contributed by atoms with Gasteiger partial charge in [0.15, 0.2) is 0 Å². The van der Waals surface area contributed by atoms with Crippen molar-refractivity contribution < 1.29 is 21.9 Å². The Morgan fingerprint density at radius 3 is 1.50 bits per heavy atom. The fourth-order valence-electron chi connectivity index (χ4n) is 0.0680. The van der Waals surface area contributed by atoms with Gasteiger partial charge >= 0.3 is 10.4 Å². The van der Waals surface area contributed by atoms with Gasteiger partial charge in [-0.15, -0.1) is 0 Å². The van der Waals surface area contributed by atoms with Crippen LogP contribution in [0.1, 0.15) is 6.92 Å². The zero-order chi connectivity index (χ0) is 8.62. The van der Waals surface area contributed by atoms with Crippen LogP contribution in [0.15, 0.2) is 0 Å². The molecular formula is C4H12O5S. The van der Waals surface area contributed by atoms with E-state index in [-0.39, 0.29) is 6.61 Å². The van der Waals surface area contributed by atoms with Crippen molar-refractivity contribution in [3.63, 3.8) is 0 Å². The minimum Gasteiger partial charge on any atom is -0.397 e. The monoisotopic (exact) mass is 172 g/mol. The van der Waals surface area contributed by atoms with Gasteiger partial charge in [0.25, 0.3) is 0 Å². The van der Waals surface area contributed by atoms with Gasteiger partial charge in [-0.25, -0.2) is 0 Å². The van der Waals surface area contributed by atoms with Crippen LogP contribution in [-0.4, -0.2) is 34.4 Å². The summed E-state index contributed by atoms with van der Waals surface area (Å²) in [5.74, 6) is 0. The van der Waals surface area contributed by atoms with Crippen molar-refractivity contribution in [2.45, 2.75) is 6.92 Å². The average Bonchev–Trinajstić information content (AvgIpc) is 1.90. The van der Waals surface area contributed by atoms with Gasteiger partial charge in [0.05, 0.1) is 14.2 Å². The minimum atomic E-state index is -3.66. The van der Waals surface area contributed by atoms with Gasteiger partial charge in [-0.3, -0.25) is 8.37 Å². The van der Waals surface area contributed by atoms with E-state index in [9.17, 15) is 8.42 Å². The summed E-state index contributed by atoms with van der Waals surface area (Å²) in [4.78, 5) is 0. The maximum atomic E-state index is 9.92. The molecule has 6 heteroatoms. The molecule has 0 aromatic rings. The number of aliphatic hydroxyl groups is 1.